The summed E-state index contributed by atoms with van der Waals surface area (Å²) in [5.74, 6) is -1.04. The number of halogens is 3. The molecule has 1 atom stereocenters. The van der Waals surface area contributed by atoms with Gasteiger partial charge in [0.05, 0.1) is 6.61 Å². The Hall–Kier alpha value is -0.930. The molecule has 1 fully saturated rings. The van der Waals surface area contributed by atoms with Gasteiger partial charge in [-0.25, -0.2) is 0 Å². The number of aromatic nitrogens is 2. The zero-order valence-corrected chi connectivity index (χ0v) is 12.6. The second kappa shape index (κ2) is 7.37. The van der Waals surface area contributed by atoms with Gasteiger partial charge in [-0.1, -0.05) is 0 Å². The first kappa shape index (κ1) is 16.4. The fraction of sp³-hybridized carbons (Fsp3) is 0.833. The molecule has 120 valence electrons. The van der Waals surface area contributed by atoms with E-state index in [-0.39, 0.29) is 6.04 Å². The van der Waals surface area contributed by atoms with Crippen LogP contribution in [-0.4, -0.2) is 48.8 Å². The van der Waals surface area contributed by atoms with Gasteiger partial charge in [-0.3, -0.25) is 0 Å². The predicted molar refractivity (Wildman–Crippen MR) is 74.6 cm³/mol. The highest BCUT2D eigenvalue weighted by atomic mass is 32.1. The summed E-state index contributed by atoms with van der Waals surface area (Å²) in [6.07, 6.45) is -1.48. The lowest BCUT2D eigenvalue weighted by molar-refractivity contribution is -0.144. The molecular weight excluding hydrogens is 305 g/mol. The van der Waals surface area contributed by atoms with E-state index in [9.17, 15) is 13.2 Å². The third-order valence-corrected chi connectivity index (χ3v) is 4.16. The van der Waals surface area contributed by atoms with Gasteiger partial charge in [0.1, 0.15) is 0 Å². The minimum absolute atomic E-state index is 0.157. The molecule has 1 unspecified atom stereocenters. The average Bonchev–Trinajstić information content (AvgIpc) is 2.94. The van der Waals surface area contributed by atoms with Gasteiger partial charge in [-0.15, -0.1) is 0 Å². The first-order chi connectivity index (χ1) is 10.0. The molecule has 0 amide bonds. The molecule has 2 rings (SSSR count). The highest BCUT2D eigenvalue weighted by molar-refractivity contribution is 7.09. The SMILES string of the molecule is COCCNCC1CCCCN1c1nc(C(F)(F)F)ns1. The molecule has 0 radical (unpaired) electrons. The second-order valence-corrected chi connectivity index (χ2v) is 5.67. The molecule has 2 heterocycles. The van der Waals surface area contributed by atoms with E-state index in [4.69, 9.17) is 4.74 Å². The van der Waals surface area contributed by atoms with Gasteiger partial charge in [0, 0.05) is 44.3 Å². The summed E-state index contributed by atoms with van der Waals surface area (Å²) >= 11 is 0.823. The zero-order chi connectivity index (χ0) is 15.3. The largest absolute Gasteiger partial charge is 0.452 e. The fourth-order valence-electron chi connectivity index (χ4n) is 2.35. The minimum Gasteiger partial charge on any atom is -0.383 e. The summed E-state index contributed by atoms with van der Waals surface area (Å²) in [5.41, 5.74) is 0. The van der Waals surface area contributed by atoms with Crippen molar-refractivity contribution in [3.8, 4) is 0 Å². The van der Waals surface area contributed by atoms with Crippen molar-refractivity contribution < 1.29 is 17.9 Å². The molecule has 1 N–H and O–H groups in total. The van der Waals surface area contributed by atoms with Gasteiger partial charge in [-0.2, -0.15) is 22.5 Å². The Labute approximate surface area is 125 Å². The average molecular weight is 324 g/mol. The summed E-state index contributed by atoms with van der Waals surface area (Å²) in [5, 5.41) is 3.62. The molecule has 1 aliphatic rings. The molecule has 1 saturated heterocycles. The van der Waals surface area contributed by atoms with Gasteiger partial charge in [0.15, 0.2) is 0 Å². The molecule has 1 aliphatic heterocycles. The first-order valence-corrected chi connectivity index (χ1v) is 7.67. The maximum Gasteiger partial charge on any atom is 0.452 e. The monoisotopic (exact) mass is 324 g/mol. The van der Waals surface area contributed by atoms with Crippen LogP contribution in [-0.2, 0) is 10.9 Å². The molecule has 1 aromatic rings. The first-order valence-electron chi connectivity index (χ1n) is 6.89. The Kier molecular flexibility index (Phi) is 5.77. The summed E-state index contributed by atoms with van der Waals surface area (Å²) in [6.45, 7) is 2.78. The molecule has 21 heavy (non-hydrogen) atoms. The maximum absolute atomic E-state index is 12.6. The van der Waals surface area contributed by atoms with Crippen LogP contribution in [0.3, 0.4) is 0 Å². The zero-order valence-electron chi connectivity index (χ0n) is 11.8. The molecule has 0 saturated carbocycles. The van der Waals surface area contributed by atoms with Crippen molar-refractivity contribution in [2.24, 2.45) is 0 Å². The second-order valence-electron chi connectivity index (χ2n) is 4.94. The summed E-state index contributed by atoms with van der Waals surface area (Å²) < 4.78 is 46.2. The fourth-order valence-corrected chi connectivity index (χ4v) is 3.14. The topological polar surface area (TPSA) is 50.3 Å². The lowest BCUT2D eigenvalue weighted by Gasteiger charge is -2.35. The lowest BCUT2D eigenvalue weighted by Crippen LogP contribution is -2.46. The number of nitrogens with one attached hydrogen (secondary N) is 1. The quantitative estimate of drug-likeness (QED) is 0.813. The van der Waals surface area contributed by atoms with Crippen LogP contribution in [0, 0.1) is 0 Å². The maximum atomic E-state index is 12.6. The van der Waals surface area contributed by atoms with Crippen molar-refractivity contribution in [2.75, 3.05) is 38.3 Å². The van der Waals surface area contributed by atoms with Crippen molar-refractivity contribution >= 4 is 16.7 Å². The lowest BCUT2D eigenvalue weighted by atomic mass is 10.0. The summed E-state index contributed by atoms with van der Waals surface area (Å²) in [6, 6.07) is 0.157. The smallest absolute Gasteiger partial charge is 0.383 e. The van der Waals surface area contributed by atoms with E-state index in [2.05, 4.69) is 14.7 Å². The number of ether oxygens (including phenoxy) is 1. The molecule has 0 spiro atoms. The van der Waals surface area contributed by atoms with Crippen LogP contribution >= 0.6 is 11.5 Å². The van der Waals surface area contributed by atoms with Crippen LogP contribution < -0.4 is 10.2 Å². The van der Waals surface area contributed by atoms with Crippen LogP contribution in [0.2, 0.25) is 0 Å². The van der Waals surface area contributed by atoms with Crippen molar-refractivity contribution in [3.05, 3.63) is 5.82 Å². The van der Waals surface area contributed by atoms with Gasteiger partial charge in [0.25, 0.3) is 0 Å². The number of nitrogens with zero attached hydrogens (tertiary/aromatic N) is 3. The summed E-state index contributed by atoms with van der Waals surface area (Å²) in [7, 11) is 1.63. The molecule has 9 heteroatoms. The predicted octanol–water partition coefficient (Wildman–Crippen LogP) is 2.15. The van der Waals surface area contributed by atoms with Crippen molar-refractivity contribution in [3.63, 3.8) is 0 Å². The van der Waals surface area contributed by atoms with E-state index >= 15 is 0 Å². The van der Waals surface area contributed by atoms with Gasteiger partial charge < -0.3 is 15.0 Å². The minimum atomic E-state index is -4.48. The number of alkyl halides is 3. The molecule has 0 bridgehead atoms. The number of piperidine rings is 1. The van der Waals surface area contributed by atoms with Crippen LogP contribution in [0.5, 0.6) is 0 Å². The van der Waals surface area contributed by atoms with E-state index in [0.29, 0.717) is 18.3 Å². The third kappa shape index (κ3) is 4.52. The van der Waals surface area contributed by atoms with Crippen molar-refractivity contribution in [2.45, 2.75) is 31.5 Å². The van der Waals surface area contributed by atoms with Crippen LogP contribution in [0.1, 0.15) is 25.1 Å². The summed E-state index contributed by atoms with van der Waals surface area (Å²) in [4.78, 5) is 5.60. The van der Waals surface area contributed by atoms with Crippen molar-refractivity contribution in [1.29, 1.82) is 0 Å². The molecule has 0 aliphatic carbocycles. The Balaban J connectivity index is 1.99. The number of anilines is 1. The van der Waals surface area contributed by atoms with Gasteiger partial charge >= 0.3 is 6.18 Å². The van der Waals surface area contributed by atoms with Crippen LogP contribution in [0.25, 0.3) is 0 Å². The number of hydrogen-bond acceptors (Lipinski definition) is 6. The molecule has 5 nitrogen and oxygen atoms in total. The third-order valence-electron chi connectivity index (χ3n) is 3.40. The van der Waals surface area contributed by atoms with Gasteiger partial charge in [-0.05, 0) is 19.3 Å². The van der Waals surface area contributed by atoms with E-state index < -0.39 is 12.0 Å². The Bertz CT molecular complexity index is 440. The Morgan fingerprint density at radius 1 is 1.43 bits per heavy atom. The normalized spacial score (nSPS) is 20.0. The van der Waals surface area contributed by atoms with Crippen LogP contribution in [0.15, 0.2) is 0 Å². The van der Waals surface area contributed by atoms with Gasteiger partial charge in [0.2, 0.25) is 11.0 Å². The van der Waals surface area contributed by atoms with E-state index in [1.54, 1.807) is 7.11 Å². The number of rotatable bonds is 6. The Morgan fingerprint density at radius 2 is 2.24 bits per heavy atom. The molecule has 1 aromatic heterocycles. The highest BCUT2D eigenvalue weighted by Gasteiger charge is 2.37. The standard InChI is InChI=1S/C12H19F3N4OS/c1-20-7-5-16-8-9-4-2-3-6-19(9)11-17-10(18-21-11)12(13,14)15/h9,16H,2-8H2,1H3. The van der Waals surface area contributed by atoms with E-state index in [1.807, 2.05) is 4.90 Å². The molecule has 0 aromatic carbocycles. The number of hydrogen-bond donors (Lipinski definition) is 1. The van der Waals surface area contributed by atoms with E-state index in [1.165, 1.54) is 0 Å². The van der Waals surface area contributed by atoms with Crippen LogP contribution in [0.4, 0.5) is 18.3 Å². The van der Waals surface area contributed by atoms with E-state index in [0.717, 1.165) is 43.9 Å². The molecular formula is C12H19F3N4OS. The Morgan fingerprint density at radius 3 is 2.90 bits per heavy atom. The highest BCUT2D eigenvalue weighted by Crippen LogP contribution is 2.32. The number of methoxy groups -OCH3 is 1. The van der Waals surface area contributed by atoms with Crippen molar-refractivity contribution in [1.82, 2.24) is 14.7 Å².